The molecule has 2 rings (SSSR count). The first-order chi connectivity index (χ1) is 8.08. The van der Waals surface area contributed by atoms with Gasteiger partial charge in [0.1, 0.15) is 5.82 Å². The van der Waals surface area contributed by atoms with E-state index in [0.29, 0.717) is 17.5 Å². The van der Waals surface area contributed by atoms with Gasteiger partial charge in [0.25, 0.3) is 0 Å². The van der Waals surface area contributed by atoms with Crippen LogP contribution in [0.25, 0.3) is 0 Å². The van der Waals surface area contributed by atoms with Gasteiger partial charge in [0.2, 0.25) is 0 Å². The van der Waals surface area contributed by atoms with Gasteiger partial charge in [-0.2, -0.15) is 0 Å². The normalized spacial score (nSPS) is 12.7. The van der Waals surface area contributed by atoms with Crippen molar-refractivity contribution in [2.45, 2.75) is 19.4 Å². The lowest BCUT2D eigenvalue weighted by Crippen LogP contribution is -2.04. The van der Waals surface area contributed by atoms with Crippen LogP contribution in [0.2, 0.25) is 0 Å². The molecule has 0 radical (unpaired) electrons. The first-order valence-corrected chi connectivity index (χ1v) is 6.91. The highest BCUT2D eigenvalue weighted by Gasteiger charge is 2.15. The Morgan fingerprint density at radius 1 is 1.47 bits per heavy atom. The summed E-state index contributed by atoms with van der Waals surface area (Å²) in [6, 6.07) is 7.05. The van der Waals surface area contributed by atoms with E-state index >= 15 is 0 Å². The number of hydrogen-bond donors (Lipinski definition) is 1. The van der Waals surface area contributed by atoms with Gasteiger partial charge in [0.05, 0.1) is 6.10 Å². The topological polar surface area (TPSA) is 20.2 Å². The summed E-state index contributed by atoms with van der Waals surface area (Å²) < 4.78 is 14.8. The summed E-state index contributed by atoms with van der Waals surface area (Å²) in [4.78, 5) is 1.03. The van der Waals surface area contributed by atoms with Crippen LogP contribution in [0.1, 0.15) is 22.1 Å². The predicted octanol–water partition coefficient (Wildman–Crippen LogP) is 4.23. The number of halogens is 2. The highest BCUT2D eigenvalue weighted by molar-refractivity contribution is 9.10. The van der Waals surface area contributed by atoms with E-state index in [-0.39, 0.29) is 5.82 Å². The number of benzene rings is 1. The van der Waals surface area contributed by atoms with Crippen molar-refractivity contribution in [3.05, 3.63) is 55.9 Å². The summed E-state index contributed by atoms with van der Waals surface area (Å²) in [6.45, 7) is 1.70. The Hall–Kier alpha value is -0.710. The van der Waals surface area contributed by atoms with Crippen LogP contribution in [0.3, 0.4) is 0 Å². The highest BCUT2D eigenvalue weighted by atomic mass is 79.9. The van der Waals surface area contributed by atoms with Crippen LogP contribution in [-0.2, 0) is 6.42 Å². The van der Waals surface area contributed by atoms with Crippen molar-refractivity contribution in [2.75, 3.05) is 0 Å². The van der Waals surface area contributed by atoms with Gasteiger partial charge in [-0.3, -0.25) is 0 Å². The van der Waals surface area contributed by atoms with Crippen LogP contribution in [0, 0.1) is 12.7 Å². The second-order valence-electron chi connectivity index (χ2n) is 3.93. The highest BCUT2D eigenvalue weighted by Crippen LogP contribution is 2.27. The molecule has 2 aromatic rings. The zero-order valence-electron chi connectivity index (χ0n) is 9.28. The van der Waals surface area contributed by atoms with Crippen molar-refractivity contribution in [3.8, 4) is 0 Å². The Kier molecular flexibility index (Phi) is 3.97. The molecule has 4 heteroatoms. The van der Waals surface area contributed by atoms with E-state index < -0.39 is 6.10 Å². The van der Waals surface area contributed by atoms with E-state index in [1.165, 1.54) is 0 Å². The third-order valence-corrected chi connectivity index (χ3v) is 4.32. The van der Waals surface area contributed by atoms with Crippen molar-refractivity contribution < 1.29 is 9.50 Å². The van der Waals surface area contributed by atoms with Gasteiger partial charge in [0, 0.05) is 26.7 Å². The SMILES string of the molecule is Cc1cccc(C(O)Cc2cc(Br)cs2)c1F. The van der Waals surface area contributed by atoms with Gasteiger partial charge in [0.15, 0.2) is 0 Å². The second-order valence-corrected chi connectivity index (χ2v) is 5.84. The third-order valence-electron chi connectivity index (χ3n) is 2.60. The molecule has 1 aromatic carbocycles. The fourth-order valence-electron chi connectivity index (χ4n) is 1.69. The van der Waals surface area contributed by atoms with Crippen LogP contribution in [0.15, 0.2) is 34.1 Å². The van der Waals surface area contributed by atoms with Crippen LogP contribution in [0.4, 0.5) is 4.39 Å². The molecule has 0 aliphatic rings. The molecule has 0 bridgehead atoms. The molecular formula is C13H12BrFOS. The molecular weight excluding hydrogens is 303 g/mol. The lowest BCUT2D eigenvalue weighted by atomic mass is 10.0. The monoisotopic (exact) mass is 314 g/mol. The van der Waals surface area contributed by atoms with Gasteiger partial charge in [-0.1, -0.05) is 18.2 Å². The van der Waals surface area contributed by atoms with Crippen LogP contribution < -0.4 is 0 Å². The standard InChI is InChI=1S/C13H12BrFOS/c1-8-3-2-4-11(13(8)15)12(16)6-10-5-9(14)7-17-10/h2-5,7,12,16H,6H2,1H3. The molecule has 17 heavy (non-hydrogen) atoms. The van der Waals surface area contributed by atoms with Crippen molar-refractivity contribution in [3.63, 3.8) is 0 Å². The van der Waals surface area contributed by atoms with Crippen molar-refractivity contribution >= 4 is 27.3 Å². The van der Waals surface area contributed by atoms with Crippen LogP contribution in [-0.4, -0.2) is 5.11 Å². The second kappa shape index (κ2) is 5.29. The van der Waals surface area contributed by atoms with Gasteiger partial charge in [-0.25, -0.2) is 4.39 Å². The van der Waals surface area contributed by atoms with Gasteiger partial charge < -0.3 is 5.11 Å². The Morgan fingerprint density at radius 3 is 2.88 bits per heavy atom. The zero-order valence-corrected chi connectivity index (χ0v) is 11.7. The van der Waals surface area contributed by atoms with E-state index in [1.807, 2.05) is 11.4 Å². The summed E-state index contributed by atoms with van der Waals surface area (Å²) >= 11 is 4.91. The van der Waals surface area contributed by atoms with Crippen molar-refractivity contribution in [2.24, 2.45) is 0 Å². The minimum absolute atomic E-state index is 0.310. The van der Waals surface area contributed by atoms with E-state index in [2.05, 4.69) is 15.9 Å². The van der Waals surface area contributed by atoms with Crippen LogP contribution in [0.5, 0.6) is 0 Å². The largest absolute Gasteiger partial charge is 0.388 e. The molecule has 1 aromatic heterocycles. The number of aliphatic hydroxyl groups is 1. The van der Waals surface area contributed by atoms with Gasteiger partial charge in [-0.05, 0) is 34.5 Å². The minimum atomic E-state index is -0.791. The summed E-state index contributed by atoms with van der Waals surface area (Å²) in [5.74, 6) is -0.310. The zero-order chi connectivity index (χ0) is 12.4. The summed E-state index contributed by atoms with van der Waals surface area (Å²) in [5.41, 5.74) is 0.934. The molecule has 0 fully saturated rings. The Morgan fingerprint density at radius 2 is 2.24 bits per heavy atom. The molecule has 0 aliphatic heterocycles. The maximum atomic E-state index is 13.8. The van der Waals surface area contributed by atoms with E-state index in [9.17, 15) is 9.50 Å². The van der Waals surface area contributed by atoms with E-state index in [0.717, 1.165) is 9.35 Å². The maximum absolute atomic E-state index is 13.8. The van der Waals surface area contributed by atoms with Crippen molar-refractivity contribution in [1.29, 1.82) is 0 Å². The molecule has 0 saturated heterocycles. The summed E-state index contributed by atoms with van der Waals surface area (Å²) in [6.07, 6.45) is -0.350. The number of hydrogen-bond acceptors (Lipinski definition) is 2. The minimum Gasteiger partial charge on any atom is -0.388 e. The van der Waals surface area contributed by atoms with E-state index in [4.69, 9.17) is 0 Å². The molecule has 1 atom stereocenters. The number of aliphatic hydroxyl groups excluding tert-OH is 1. The maximum Gasteiger partial charge on any atom is 0.131 e. The first kappa shape index (κ1) is 12.7. The fraction of sp³-hybridized carbons (Fsp3) is 0.231. The Balaban J connectivity index is 2.20. The van der Waals surface area contributed by atoms with E-state index in [1.54, 1.807) is 36.5 Å². The number of aryl methyl sites for hydroxylation is 1. The summed E-state index contributed by atoms with van der Waals surface area (Å²) in [7, 11) is 0. The average molecular weight is 315 g/mol. The molecule has 0 aliphatic carbocycles. The lowest BCUT2D eigenvalue weighted by Gasteiger charge is -2.12. The number of rotatable bonds is 3. The Bertz CT molecular complexity index is 524. The quantitative estimate of drug-likeness (QED) is 0.898. The van der Waals surface area contributed by atoms with Gasteiger partial charge in [-0.15, -0.1) is 11.3 Å². The molecule has 1 unspecified atom stereocenters. The first-order valence-electron chi connectivity index (χ1n) is 5.24. The van der Waals surface area contributed by atoms with Crippen LogP contribution >= 0.6 is 27.3 Å². The van der Waals surface area contributed by atoms with Gasteiger partial charge >= 0.3 is 0 Å². The van der Waals surface area contributed by atoms with Crippen molar-refractivity contribution in [1.82, 2.24) is 0 Å². The molecule has 0 saturated carbocycles. The Labute approximate surface area is 112 Å². The average Bonchev–Trinajstić information content (AvgIpc) is 2.68. The smallest absolute Gasteiger partial charge is 0.131 e. The lowest BCUT2D eigenvalue weighted by molar-refractivity contribution is 0.174. The fourth-order valence-corrected chi connectivity index (χ4v) is 3.18. The third kappa shape index (κ3) is 2.94. The molecule has 1 nitrogen and oxygen atoms in total. The molecule has 1 heterocycles. The summed E-state index contributed by atoms with van der Waals surface area (Å²) in [5, 5.41) is 12.0. The molecule has 1 N–H and O–H groups in total. The molecule has 0 amide bonds. The molecule has 0 spiro atoms. The predicted molar refractivity (Wildman–Crippen MR) is 71.8 cm³/mol. The molecule has 90 valence electrons. The number of thiophene rings is 1.